The molecule has 6 atom stereocenters. The standard InChI is InChI=1S/C38H50N4/c39-22-19-31-32-15-8-9-17-35(32)40-36-18-13-24-42-27-30-26-29-14-7-5-3-1-2-4-6-12-23-41-25-20-34(30)38(28-41,37(29)42)21-11-10-16-33(31)36/h8-10,15-17,26,30,34,37H,2,4-7,11-14,18-25,27-28,39H2/b16-10-/t30-,34-,37-,38-/m1/s1. The Morgan fingerprint density at radius 2 is 1.88 bits per heavy atom. The number of para-hydroxylation sites is 1. The van der Waals surface area contributed by atoms with E-state index in [-0.39, 0.29) is 0 Å². The van der Waals surface area contributed by atoms with Gasteiger partial charge < -0.3 is 10.6 Å². The first-order valence-electron chi connectivity index (χ1n) is 17.2. The van der Waals surface area contributed by atoms with Gasteiger partial charge in [-0.25, -0.2) is 0 Å². The summed E-state index contributed by atoms with van der Waals surface area (Å²) in [7, 11) is 0. The maximum absolute atomic E-state index is 6.17. The van der Waals surface area contributed by atoms with Crippen molar-refractivity contribution in [2.75, 3.05) is 39.3 Å². The number of rotatable bonds is 2. The van der Waals surface area contributed by atoms with Crippen LogP contribution in [0.15, 0.2) is 42.0 Å². The number of fused-ring (bicyclic) bond motifs is 3. The molecule has 0 radical (unpaired) electrons. The molecule has 5 aliphatic heterocycles. The van der Waals surface area contributed by atoms with Crippen molar-refractivity contribution in [2.45, 2.75) is 89.5 Å². The minimum absolute atomic E-state index is 0.366. The average Bonchev–Trinajstić information content (AvgIpc) is 3.00. The Labute approximate surface area is 253 Å². The number of benzene rings is 1. The third-order valence-corrected chi connectivity index (χ3v) is 11.3. The molecule has 2 saturated heterocycles. The van der Waals surface area contributed by atoms with Gasteiger partial charge in [-0.05, 0) is 119 Å². The lowest BCUT2D eigenvalue weighted by Crippen LogP contribution is -2.68. The summed E-state index contributed by atoms with van der Waals surface area (Å²) in [5, 5.41) is 1.28. The van der Waals surface area contributed by atoms with Crippen molar-refractivity contribution in [1.29, 1.82) is 0 Å². The molecule has 2 fully saturated rings. The van der Waals surface area contributed by atoms with E-state index in [0.717, 1.165) is 43.5 Å². The number of piperidine rings is 2. The second kappa shape index (κ2) is 12.7. The zero-order valence-electron chi connectivity index (χ0n) is 25.6. The Morgan fingerprint density at radius 3 is 2.81 bits per heavy atom. The molecule has 222 valence electrons. The Bertz CT molecular complexity index is 1400. The molecule has 2 N–H and O–H groups in total. The number of pyridine rings is 1. The summed E-state index contributed by atoms with van der Waals surface area (Å²) in [6, 6.07) is 9.29. The van der Waals surface area contributed by atoms with Crippen molar-refractivity contribution in [1.82, 2.24) is 14.8 Å². The Morgan fingerprint density at radius 1 is 0.976 bits per heavy atom. The molecule has 0 amide bonds. The second-order valence-corrected chi connectivity index (χ2v) is 13.8. The Hall–Kier alpha value is -2.45. The van der Waals surface area contributed by atoms with Gasteiger partial charge in [0.15, 0.2) is 0 Å². The van der Waals surface area contributed by atoms with Gasteiger partial charge in [-0.15, -0.1) is 11.8 Å². The maximum Gasteiger partial charge on any atom is 0.0708 e. The van der Waals surface area contributed by atoms with Gasteiger partial charge in [0.2, 0.25) is 0 Å². The van der Waals surface area contributed by atoms with Gasteiger partial charge in [-0.2, -0.15) is 0 Å². The van der Waals surface area contributed by atoms with E-state index in [1.165, 1.54) is 106 Å². The zero-order valence-corrected chi connectivity index (χ0v) is 25.6. The van der Waals surface area contributed by atoms with E-state index in [4.69, 9.17) is 10.7 Å². The van der Waals surface area contributed by atoms with Gasteiger partial charge in [-0.1, -0.05) is 48.4 Å². The highest BCUT2D eigenvalue weighted by molar-refractivity contribution is 5.86. The third-order valence-electron chi connectivity index (χ3n) is 11.3. The molecular formula is C38H50N4. The minimum Gasteiger partial charge on any atom is -0.330 e. The summed E-state index contributed by atoms with van der Waals surface area (Å²) in [5.41, 5.74) is 13.4. The van der Waals surface area contributed by atoms with Crippen molar-refractivity contribution in [3.63, 3.8) is 0 Å². The summed E-state index contributed by atoms with van der Waals surface area (Å²) in [4.78, 5) is 11.1. The number of allylic oxidation sites excluding steroid dienone is 1. The molecule has 2 aromatic rings. The van der Waals surface area contributed by atoms with Crippen LogP contribution in [0.1, 0.15) is 87.4 Å². The van der Waals surface area contributed by atoms with E-state index in [0.29, 0.717) is 23.9 Å². The molecule has 8 rings (SSSR count). The van der Waals surface area contributed by atoms with E-state index >= 15 is 0 Å². The lowest BCUT2D eigenvalue weighted by atomic mass is 9.52. The molecule has 4 nitrogen and oxygen atoms in total. The van der Waals surface area contributed by atoms with Gasteiger partial charge in [0.05, 0.1) is 5.52 Å². The summed E-state index contributed by atoms with van der Waals surface area (Å²) >= 11 is 0. The summed E-state index contributed by atoms with van der Waals surface area (Å²) in [6.07, 6.45) is 23.2. The Balaban J connectivity index is 1.26. The number of nitrogens with two attached hydrogens (primary N) is 1. The SMILES string of the molecule is NCCc1c2c(nc3ccccc13)CCCN1C[C@H]3C=C4CCCC#CCCCCCN5CC[C@H]3[C@@](CC/C=C\2)(C5)[C@@H]41. The number of hydrogen-bond acceptors (Lipinski definition) is 4. The fraction of sp³-hybridized carbons (Fsp3) is 0.605. The van der Waals surface area contributed by atoms with Crippen molar-refractivity contribution in [3.05, 3.63) is 58.8 Å². The first-order chi connectivity index (χ1) is 20.8. The fourth-order valence-corrected chi connectivity index (χ4v) is 9.63. The van der Waals surface area contributed by atoms with Gasteiger partial charge in [0.25, 0.3) is 0 Å². The van der Waals surface area contributed by atoms with Crippen LogP contribution in [0.4, 0.5) is 0 Å². The van der Waals surface area contributed by atoms with Crippen LogP contribution >= 0.6 is 0 Å². The monoisotopic (exact) mass is 562 g/mol. The molecule has 1 aliphatic carbocycles. The molecule has 6 bridgehead atoms. The summed E-state index contributed by atoms with van der Waals surface area (Å²) < 4.78 is 0. The van der Waals surface area contributed by atoms with Crippen LogP contribution in [0.2, 0.25) is 0 Å². The molecule has 0 saturated carbocycles. The predicted octanol–water partition coefficient (Wildman–Crippen LogP) is 6.77. The van der Waals surface area contributed by atoms with Crippen molar-refractivity contribution < 1.29 is 0 Å². The number of nitrogens with zero attached hydrogens (tertiary/aromatic N) is 3. The van der Waals surface area contributed by atoms with E-state index in [9.17, 15) is 0 Å². The minimum atomic E-state index is 0.366. The topological polar surface area (TPSA) is 45.4 Å². The smallest absolute Gasteiger partial charge is 0.0708 e. The van der Waals surface area contributed by atoms with Crippen LogP contribution in [0.3, 0.4) is 0 Å². The van der Waals surface area contributed by atoms with Crippen molar-refractivity contribution in [3.8, 4) is 11.8 Å². The molecule has 4 heteroatoms. The molecule has 1 aromatic heterocycles. The van der Waals surface area contributed by atoms with Crippen LogP contribution in [0, 0.1) is 29.1 Å². The van der Waals surface area contributed by atoms with Crippen molar-refractivity contribution in [2.24, 2.45) is 23.0 Å². The largest absolute Gasteiger partial charge is 0.330 e. The quantitative estimate of drug-likeness (QED) is 0.324. The normalized spacial score (nSPS) is 34.0. The summed E-state index contributed by atoms with van der Waals surface area (Å²) in [5.74, 6) is 8.54. The van der Waals surface area contributed by atoms with E-state index in [1.807, 2.05) is 0 Å². The van der Waals surface area contributed by atoms with E-state index in [2.05, 4.69) is 64.1 Å². The first-order valence-corrected chi connectivity index (χ1v) is 17.2. The predicted molar refractivity (Wildman–Crippen MR) is 175 cm³/mol. The van der Waals surface area contributed by atoms with Crippen LogP contribution in [-0.4, -0.2) is 60.1 Å². The fourth-order valence-electron chi connectivity index (χ4n) is 9.63. The highest BCUT2D eigenvalue weighted by Gasteiger charge is 2.58. The molecule has 2 unspecified atom stereocenters. The lowest BCUT2D eigenvalue weighted by molar-refractivity contribution is -0.110. The summed E-state index contributed by atoms with van der Waals surface area (Å²) in [6.45, 7) is 6.96. The average molecular weight is 563 g/mol. The maximum atomic E-state index is 6.17. The van der Waals surface area contributed by atoms with E-state index < -0.39 is 0 Å². The molecule has 1 spiro atoms. The van der Waals surface area contributed by atoms with Crippen LogP contribution in [0.5, 0.6) is 0 Å². The Kier molecular flexibility index (Phi) is 8.53. The van der Waals surface area contributed by atoms with Crippen LogP contribution in [-0.2, 0) is 12.8 Å². The number of hydrogen-bond donors (Lipinski definition) is 1. The van der Waals surface area contributed by atoms with Gasteiger partial charge in [-0.3, -0.25) is 9.88 Å². The van der Waals surface area contributed by atoms with Crippen LogP contribution in [0.25, 0.3) is 17.0 Å². The molecule has 6 heterocycles. The van der Waals surface area contributed by atoms with Gasteiger partial charge >= 0.3 is 0 Å². The first kappa shape index (κ1) is 28.3. The van der Waals surface area contributed by atoms with Crippen molar-refractivity contribution >= 4 is 17.0 Å². The number of aromatic nitrogens is 1. The highest BCUT2D eigenvalue weighted by Crippen LogP contribution is 2.57. The van der Waals surface area contributed by atoms with Crippen LogP contribution < -0.4 is 5.73 Å². The van der Waals surface area contributed by atoms with E-state index in [1.54, 1.807) is 5.57 Å². The second-order valence-electron chi connectivity index (χ2n) is 13.8. The zero-order chi connectivity index (χ0) is 28.4. The lowest BCUT2D eigenvalue weighted by Gasteiger charge is -2.64. The number of aryl methyl sites for hydroxylation is 1. The highest BCUT2D eigenvalue weighted by atomic mass is 15.2. The molecule has 42 heavy (non-hydrogen) atoms. The molecular weight excluding hydrogens is 512 g/mol. The third kappa shape index (κ3) is 5.38. The van der Waals surface area contributed by atoms with Gasteiger partial charge in [0, 0.05) is 48.5 Å². The molecule has 6 aliphatic rings. The molecule has 1 aromatic carbocycles. The van der Waals surface area contributed by atoms with Gasteiger partial charge in [0.1, 0.15) is 0 Å².